The summed E-state index contributed by atoms with van der Waals surface area (Å²) >= 11 is 10.1. The Morgan fingerprint density at radius 2 is 1.60 bits per heavy atom. The van der Waals surface area contributed by atoms with E-state index in [-0.39, 0.29) is 5.91 Å². The van der Waals surface area contributed by atoms with Crippen LogP contribution in [0, 0.1) is 0 Å². The predicted molar refractivity (Wildman–Crippen MR) is 93.1 cm³/mol. The molecule has 0 aromatic heterocycles. The fourth-order valence-corrected chi connectivity index (χ4v) is 3.48. The van der Waals surface area contributed by atoms with Crippen LogP contribution >= 0.6 is 47.8 Å². The van der Waals surface area contributed by atoms with E-state index < -0.39 is 0 Å². The third-order valence-electron chi connectivity index (χ3n) is 2.77. The number of halogens is 3. The van der Waals surface area contributed by atoms with Gasteiger partial charge in [-0.2, -0.15) is 0 Å². The summed E-state index contributed by atoms with van der Waals surface area (Å²) in [6.45, 7) is 0. The summed E-state index contributed by atoms with van der Waals surface area (Å²) in [5, 5.41) is 0. The highest BCUT2D eigenvalue weighted by Crippen LogP contribution is 2.28. The average Bonchev–Trinajstić information content (AvgIpc) is 2.36. The molecule has 0 unspecified atom stereocenters. The molecule has 0 fully saturated rings. The lowest BCUT2D eigenvalue weighted by Gasteiger charge is -2.19. The van der Waals surface area contributed by atoms with E-state index in [9.17, 15) is 4.79 Å². The zero-order chi connectivity index (χ0) is 14.9. The van der Waals surface area contributed by atoms with Crippen LogP contribution in [-0.4, -0.2) is 13.0 Å². The third kappa shape index (κ3) is 3.42. The van der Waals surface area contributed by atoms with Crippen molar-refractivity contribution >= 4 is 65.1 Å². The van der Waals surface area contributed by atoms with Crippen LogP contribution in [0.15, 0.2) is 49.8 Å². The number of rotatable bonds is 2. The molecule has 0 aliphatic heterocycles. The molecule has 2 aromatic carbocycles. The van der Waals surface area contributed by atoms with Crippen LogP contribution in [-0.2, 0) is 0 Å². The van der Waals surface area contributed by atoms with Gasteiger partial charge in [-0.05, 0) is 36.4 Å². The van der Waals surface area contributed by atoms with Gasteiger partial charge in [0.15, 0.2) is 0 Å². The highest BCUT2D eigenvalue weighted by Gasteiger charge is 2.16. The van der Waals surface area contributed by atoms with Crippen molar-refractivity contribution in [3.05, 3.63) is 55.4 Å². The summed E-state index contributed by atoms with van der Waals surface area (Å²) in [6, 6.07) is 10.9. The van der Waals surface area contributed by atoms with Gasteiger partial charge in [-0.25, -0.2) is 0 Å². The average molecular weight is 463 g/mol. The minimum atomic E-state index is -0.124. The first-order valence-electron chi connectivity index (χ1n) is 5.67. The van der Waals surface area contributed by atoms with E-state index in [1.165, 1.54) is 4.90 Å². The molecule has 1 amide bonds. The van der Waals surface area contributed by atoms with Crippen molar-refractivity contribution in [2.24, 2.45) is 0 Å². The van der Waals surface area contributed by atoms with Crippen LogP contribution in [0.5, 0.6) is 0 Å². The molecule has 0 aliphatic rings. The first kappa shape index (κ1) is 15.5. The first-order valence-corrected chi connectivity index (χ1v) is 8.05. The van der Waals surface area contributed by atoms with Crippen molar-refractivity contribution in [2.75, 3.05) is 17.7 Å². The summed E-state index contributed by atoms with van der Waals surface area (Å²) < 4.78 is 2.56. The SMILES string of the molecule is CN(C(=O)c1cc(Br)cc(Br)c1)c1ccc(Br)cc1N. The quantitative estimate of drug-likeness (QED) is 0.649. The molecule has 0 saturated carbocycles. The van der Waals surface area contributed by atoms with E-state index in [0.29, 0.717) is 16.9 Å². The molecule has 104 valence electrons. The Labute approximate surface area is 142 Å². The van der Waals surface area contributed by atoms with Gasteiger partial charge in [-0.1, -0.05) is 47.8 Å². The molecule has 0 atom stereocenters. The number of nitrogens with two attached hydrogens (primary N) is 1. The molecule has 0 heterocycles. The first-order chi connectivity index (χ1) is 9.38. The van der Waals surface area contributed by atoms with Crippen LogP contribution in [0.1, 0.15) is 10.4 Å². The number of benzene rings is 2. The number of hydrogen-bond acceptors (Lipinski definition) is 2. The lowest BCUT2D eigenvalue weighted by Crippen LogP contribution is -2.27. The number of hydrogen-bond donors (Lipinski definition) is 1. The fourth-order valence-electron chi connectivity index (χ4n) is 1.81. The molecule has 3 nitrogen and oxygen atoms in total. The molecule has 0 spiro atoms. The second-order valence-corrected chi connectivity index (χ2v) is 6.97. The van der Waals surface area contributed by atoms with Gasteiger partial charge >= 0.3 is 0 Å². The molecule has 2 aromatic rings. The topological polar surface area (TPSA) is 46.3 Å². The lowest BCUT2D eigenvalue weighted by atomic mass is 10.2. The largest absolute Gasteiger partial charge is 0.397 e. The van der Waals surface area contributed by atoms with E-state index in [2.05, 4.69) is 47.8 Å². The van der Waals surface area contributed by atoms with Crippen LogP contribution < -0.4 is 10.6 Å². The molecule has 2 N–H and O–H groups in total. The minimum Gasteiger partial charge on any atom is -0.397 e. The standard InChI is InChI=1S/C14H11Br3N2O/c1-19(13-3-2-9(15)7-12(13)18)14(20)8-4-10(16)6-11(17)5-8/h2-7H,18H2,1H3. The van der Waals surface area contributed by atoms with Gasteiger partial charge in [-0.15, -0.1) is 0 Å². The molecular weight excluding hydrogens is 452 g/mol. The molecular formula is C14H11Br3N2O. The molecule has 0 aliphatic carbocycles. The van der Waals surface area contributed by atoms with Gasteiger partial charge < -0.3 is 10.6 Å². The van der Waals surface area contributed by atoms with E-state index in [0.717, 1.165) is 13.4 Å². The molecule has 0 bridgehead atoms. The van der Waals surface area contributed by atoms with Crippen LogP contribution in [0.4, 0.5) is 11.4 Å². The number of nitrogen functional groups attached to an aromatic ring is 1. The Balaban J connectivity index is 2.37. The lowest BCUT2D eigenvalue weighted by molar-refractivity contribution is 0.0993. The minimum absolute atomic E-state index is 0.124. The van der Waals surface area contributed by atoms with Crippen LogP contribution in [0.2, 0.25) is 0 Å². The Bertz CT molecular complexity index is 653. The van der Waals surface area contributed by atoms with Crippen molar-refractivity contribution in [1.82, 2.24) is 0 Å². The van der Waals surface area contributed by atoms with E-state index >= 15 is 0 Å². The van der Waals surface area contributed by atoms with Crippen molar-refractivity contribution in [1.29, 1.82) is 0 Å². The van der Waals surface area contributed by atoms with Crippen molar-refractivity contribution in [3.8, 4) is 0 Å². The third-order valence-corrected chi connectivity index (χ3v) is 4.17. The van der Waals surface area contributed by atoms with Gasteiger partial charge in [0, 0.05) is 26.0 Å². The van der Waals surface area contributed by atoms with E-state index in [4.69, 9.17) is 5.73 Å². The normalized spacial score (nSPS) is 10.4. The summed E-state index contributed by atoms with van der Waals surface area (Å²) in [5.41, 5.74) is 7.76. The second kappa shape index (κ2) is 6.28. The molecule has 0 radical (unpaired) electrons. The maximum atomic E-state index is 12.5. The Hall–Kier alpha value is -0.850. The highest BCUT2D eigenvalue weighted by molar-refractivity contribution is 9.11. The van der Waals surface area contributed by atoms with E-state index in [1.54, 1.807) is 25.2 Å². The van der Waals surface area contributed by atoms with Gasteiger partial charge in [0.1, 0.15) is 0 Å². The second-order valence-electron chi connectivity index (χ2n) is 4.23. The molecule has 20 heavy (non-hydrogen) atoms. The number of carbonyl (C=O) groups excluding carboxylic acids is 1. The Morgan fingerprint density at radius 1 is 1.00 bits per heavy atom. The number of amides is 1. The van der Waals surface area contributed by atoms with Crippen molar-refractivity contribution in [3.63, 3.8) is 0 Å². The zero-order valence-electron chi connectivity index (χ0n) is 10.5. The number of nitrogens with zero attached hydrogens (tertiary/aromatic N) is 1. The maximum absolute atomic E-state index is 12.5. The number of anilines is 2. The molecule has 6 heteroatoms. The highest BCUT2D eigenvalue weighted by atomic mass is 79.9. The van der Waals surface area contributed by atoms with Crippen molar-refractivity contribution < 1.29 is 4.79 Å². The Morgan fingerprint density at radius 3 is 2.15 bits per heavy atom. The van der Waals surface area contributed by atoms with Gasteiger partial charge in [0.2, 0.25) is 0 Å². The van der Waals surface area contributed by atoms with Crippen LogP contribution in [0.3, 0.4) is 0 Å². The van der Waals surface area contributed by atoms with Crippen LogP contribution in [0.25, 0.3) is 0 Å². The van der Waals surface area contributed by atoms with Gasteiger partial charge in [0.25, 0.3) is 5.91 Å². The molecule has 2 rings (SSSR count). The monoisotopic (exact) mass is 460 g/mol. The Kier molecular flexibility index (Phi) is 4.88. The fraction of sp³-hybridized carbons (Fsp3) is 0.0714. The smallest absolute Gasteiger partial charge is 0.258 e. The van der Waals surface area contributed by atoms with Crippen molar-refractivity contribution in [2.45, 2.75) is 0 Å². The maximum Gasteiger partial charge on any atom is 0.258 e. The van der Waals surface area contributed by atoms with Gasteiger partial charge in [0.05, 0.1) is 11.4 Å². The summed E-state index contributed by atoms with van der Waals surface area (Å²) in [6.07, 6.45) is 0. The van der Waals surface area contributed by atoms with Gasteiger partial charge in [-0.3, -0.25) is 4.79 Å². The molecule has 0 saturated heterocycles. The summed E-state index contributed by atoms with van der Waals surface area (Å²) in [4.78, 5) is 14.0. The summed E-state index contributed by atoms with van der Waals surface area (Å²) in [7, 11) is 1.71. The zero-order valence-corrected chi connectivity index (χ0v) is 15.3. The predicted octanol–water partition coefficient (Wildman–Crippen LogP) is 4.83. The number of carbonyl (C=O) groups is 1. The van der Waals surface area contributed by atoms with E-state index in [1.807, 2.05) is 18.2 Å². The summed E-state index contributed by atoms with van der Waals surface area (Å²) in [5.74, 6) is -0.124.